The van der Waals surface area contributed by atoms with Crippen LogP contribution in [0.4, 0.5) is 0 Å². The van der Waals surface area contributed by atoms with Gasteiger partial charge in [0.05, 0.1) is 25.4 Å². The summed E-state index contributed by atoms with van der Waals surface area (Å²) in [6.07, 6.45) is 13.3. The molecule has 1 aliphatic carbocycles. The summed E-state index contributed by atoms with van der Waals surface area (Å²) in [5.41, 5.74) is 4.84. The van der Waals surface area contributed by atoms with Gasteiger partial charge in [0.15, 0.2) is 0 Å². The van der Waals surface area contributed by atoms with Gasteiger partial charge in [0, 0.05) is 0 Å². The first kappa shape index (κ1) is 24.5. The normalized spacial score (nSPS) is 15.5. The molecule has 174 valence electrons. The van der Waals surface area contributed by atoms with Crippen molar-refractivity contribution in [1.82, 2.24) is 0 Å². The van der Waals surface area contributed by atoms with Gasteiger partial charge in [-0.1, -0.05) is 82.2 Å². The van der Waals surface area contributed by atoms with Gasteiger partial charge in [-0.3, -0.25) is 0 Å². The fourth-order valence-corrected chi connectivity index (χ4v) is 4.92. The molecule has 2 aromatic carbocycles. The van der Waals surface area contributed by atoms with E-state index in [1.807, 2.05) is 24.3 Å². The van der Waals surface area contributed by atoms with E-state index in [1.54, 1.807) is 0 Å². The van der Waals surface area contributed by atoms with Crippen LogP contribution in [0.2, 0.25) is 0 Å². The SMILES string of the molecule is CCCCC(CCC1CCCCC1)OCc1ccc(C(=O)OC)c(-c2ccccc2C)c1. The monoisotopic (exact) mass is 436 g/mol. The van der Waals surface area contributed by atoms with Gasteiger partial charge in [-0.25, -0.2) is 4.79 Å². The number of benzene rings is 2. The number of unbranched alkanes of at least 4 members (excludes halogenated alkanes) is 1. The lowest BCUT2D eigenvalue weighted by molar-refractivity contribution is 0.0229. The first-order valence-electron chi connectivity index (χ1n) is 12.5. The fraction of sp³-hybridized carbons (Fsp3) is 0.552. The van der Waals surface area contributed by atoms with Crippen LogP contribution in [0, 0.1) is 12.8 Å². The minimum atomic E-state index is -0.302. The zero-order valence-electron chi connectivity index (χ0n) is 20.2. The lowest BCUT2D eigenvalue weighted by Crippen LogP contribution is -2.16. The van der Waals surface area contributed by atoms with E-state index >= 15 is 0 Å². The lowest BCUT2D eigenvalue weighted by atomic mass is 9.85. The molecule has 1 atom stereocenters. The minimum absolute atomic E-state index is 0.302. The molecule has 0 aliphatic heterocycles. The zero-order chi connectivity index (χ0) is 22.8. The third-order valence-corrected chi connectivity index (χ3v) is 6.91. The van der Waals surface area contributed by atoms with Crippen molar-refractivity contribution in [2.45, 2.75) is 90.8 Å². The minimum Gasteiger partial charge on any atom is -0.465 e. The van der Waals surface area contributed by atoms with Crippen molar-refractivity contribution in [3.8, 4) is 11.1 Å². The van der Waals surface area contributed by atoms with Crippen LogP contribution < -0.4 is 0 Å². The van der Waals surface area contributed by atoms with Crippen LogP contribution in [-0.2, 0) is 16.1 Å². The molecular weight excluding hydrogens is 396 g/mol. The number of methoxy groups -OCH3 is 1. The highest BCUT2D eigenvalue weighted by molar-refractivity contribution is 5.97. The number of aryl methyl sites for hydroxylation is 1. The predicted octanol–water partition coefficient (Wildman–Crippen LogP) is 7.88. The molecule has 32 heavy (non-hydrogen) atoms. The number of esters is 1. The molecule has 0 spiro atoms. The first-order chi connectivity index (χ1) is 15.6. The molecule has 0 radical (unpaired) electrons. The lowest BCUT2D eigenvalue weighted by Gasteiger charge is -2.24. The summed E-state index contributed by atoms with van der Waals surface area (Å²) in [5.74, 6) is 0.590. The van der Waals surface area contributed by atoms with Crippen LogP contribution >= 0.6 is 0 Å². The molecular formula is C29H40O3. The largest absolute Gasteiger partial charge is 0.465 e. The molecule has 2 aromatic rings. The Morgan fingerprint density at radius 1 is 1.03 bits per heavy atom. The maximum Gasteiger partial charge on any atom is 0.338 e. The van der Waals surface area contributed by atoms with Crippen molar-refractivity contribution in [3.05, 3.63) is 59.2 Å². The second-order valence-corrected chi connectivity index (χ2v) is 9.34. The predicted molar refractivity (Wildman–Crippen MR) is 132 cm³/mol. The van der Waals surface area contributed by atoms with E-state index in [9.17, 15) is 4.79 Å². The highest BCUT2D eigenvalue weighted by atomic mass is 16.5. The average Bonchev–Trinajstić information content (AvgIpc) is 2.84. The summed E-state index contributed by atoms with van der Waals surface area (Å²) in [6.45, 7) is 4.91. The standard InChI is InChI=1S/C29H40O3/c1-4-5-14-25(18-16-23-12-7-6-8-13-23)32-21-24-17-19-27(29(30)31-3)28(20-24)26-15-10-9-11-22(26)2/h9-11,15,17,19-20,23,25H,4-8,12-14,16,18,21H2,1-3H3. The third kappa shape index (κ3) is 6.93. The number of hydrogen-bond acceptors (Lipinski definition) is 3. The smallest absolute Gasteiger partial charge is 0.338 e. The number of carbonyl (C=O) groups excluding carboxylic acids is 1. The molecule has 1 fully saturated rings. The molecule has 0 saturated heterocycles. The first-order valence-corrected chi connectivity index (χ1v) is 12.5. The Balaban J connectivity index is 1.72. The summed E-state index contributed by atoms with van der Waals surface area (Å²) in [7, 11) is 1.44. The summed E-state index contributed by atoms with van der Waals surface area (Å²) in [6, 6.07) is 14.2. The highest BCUT2D eigenvalue weighted by Gasteiger charge is 2.18. The zero-order valence-corrected chi connectivity index (χ0v) is 20.2. The summed E-state index contributed by atoms with van der Waals surface area (Å²) < 4.78 is 11.5. The van der Waals surface area contributed by atoms with Gasteiger partial charge >= 0.3 is 5.97 Å². The molecule has 0 N–H and O–H groups in total. The Morgan fingerprint density at radius 3 is 2.53 bits per heavy atom. The molecule has 0 amide bonds. The van der Waals surface area contributed by atoms with Gasteiger partial charge in [-0.2, -0.15) is 0 Å². The highest BCUT2D eigenvalue weighted by Crippen LogP contribution is 2.31. The summed E-state index contributed by atoms with van der Waals surface area (Å²) >= 11 is 0. The Labute approximate surface area is 194 Å². The Bertz CT molecular complexity index is 851. The van der Waals surface area contributed by atoms with Crippen LogP contribution in [0.5, 0.6) is 0 Å². The second-order valence-electron chi connectivity index (χ2n) is 9.34. The van der Waals surface area contributed by atoms with Crippen molar-refractivity contribution in [2.75, 3.05) is 7.11 Å². The molecule has 3 heteroatoms. The summed E-state index contributed by atoms with van der Waals surface area (Å²) in [4.78, 5) is 12.4. The fourth-order valence-electron chi connectivity index (χ4n) is 4.92. The van der Waals surface area contributed by atoms with Crippen molar-refractivity contribution < 1.29 is 14.3 Å². The molecule has 1 saturated carbocycles. The van der Waals surface area contributed by atoms with Gasteiger partial charge in [-0.15, -0.1) is 0 Å². The molecule has 3 nitrogen and oxygen atoms in total. The van der Waals surface area contributed by atoms with Gasteiger partial charge in [0.1, 0.15) is 0 Å². The van der Waals surface area contributed by atoms with Crippen LogP contribution in [0.15, 0.2) is 42.5 Å². The maximum atomic E-state index is 12.4. The van der Waals surface area contributed by atoms with Gasteiger partial charge in [-0.05, 0) is 66.5 Å². The van der Waals surface area contributed by atoms with Crippen molar-refractivity contribution in [3.63, 3.8) is 0 Å². The van der Waals surface area contributed by atoms with Crippen LogP contribution in [-0.4, -0.2) is 19.2 Å². The van der Waals surface area contributed by atoms with Crippen molar-refractivity contribution in [2.24, 2.45) is 5.92 Å². The maximum absolute atomic E-state index is 12.4. The van der Waals surface area contributed by atoms with Crippen molar-refractivity contribution >= 4 is 5.97 Å². The number of ether oxygens (including phenoxy) is 2. The quantitative estimate of drug-likeness (QED) is 0.336. The van der Waals surface area contributed by atoms with Crippen LogP contribution in [0.3, 0.4) is 0 Å². The second kappa shape index (κ2) is 12.8. The van der Waals surface area contributed by atoms with Gasteiger partial charge in [0.2, 0.25) is 0 Å². The topological polar surface area (TPSA) is 35.5 Å². The van der Waals surface area contributed by atoms with E-state index in [0.29, 0.717) is 18.3 Å². The number of rotatable bonds is 11. The van der Waals surface area contributed by atoms with E-state index in [1.165, 1.54) is 58.5 Å². The molecule has 3 rings (SSSR count). The average molecular weight is 437 g/mol. The Hall–Kier alpha value is -2.13. The molecule has 0 aromatic heterocycles. The Morgan fingerprint density at radius 2 is 1.81 bits per heavy atom. The summed E-state index contributed by atoms with van der Waals surface area (Å²) in [5, 5.41) is 0. The van der Waals surface area contributed by atoms with E-state index in [4.69, 9.17) is 9.47 Å². The van der Waals surface area contributed by atoms with E-state index in [-0.39, 0.29) is 5.97 Å². The van der Waals surface area contributed by atoms with Gasteiger partial charge in [0.25, 0.3) is 0 Å². The van der Waals surface area contributed by atoms with Crippen LogP contribution in [0.25, 0.3) is 11.1 Å². The molecule has 0 bridgehead atoms. The Kier molecular flexibility index (Phi) is 9.80. The van der Waals surface area contributed by atoms with E-state index in [0.717, 1.165) is 41.0 Å². The molecule has 1 unspecified atom stereocenters. The van der Waals surface area contributed by atoms with Gasteiger partial charge < -0.3 is 9.47 Å². The number of carbonyl (C=O) groups is 1. The van der Waals surface area contributed by atoms with E-state index in [2.05, 4.69) is 32.0 Å². The van der Waals surface area contributed by atoms with Crippen molar-refractivity contribution in [1.29, 1.82) is 0 Å². The van der Waals surface area contributed by atoms with E-state index < -0.39 is 0 Å². The van der Waals surface area contributed by atoms with Crippen LogP contribution in [0.1, 0.15) is 92.6 Å². The molecule has 0 heterocycles. The third-order valence-electron chi connectivity index (χ3n) is 6.91. The number of hydrogen-bond donors (Lipinski definition) is 0. The molecule has 1 aliphatic rings.